The van der Waals surface area contributed by atoms with E-state index >= 15 is 0 Å². The number of amides is 1. The van der Waals surface area contributed by atoms with Gasteiger partial charge in [-0.05, 0) is 42.3 Å². The van der Waals surface area contributed by atoms with Crippen LogP contribution in [-0.4, -0.2) is 62.0 Å². The van der Waals surface area contributed by atoms with Gasteiger partial charge in [0.05, 0.1) is 18.5 Å². The predicted octanol–water partition coefficient (Wildman–Crippen LogP) is 2.11. The molecule has 1 saturated heterocycles. The zero-order valence-corrected chi connectivity index (χ0v) is 21.6. The van der Waals surface area contributed by atoms with Gasteiger partial charge in [0, 0.05) is 18.2 Å². The first kappa shape index (κ1) is 24.6. The molecule has 38 heavy (non-hydrogen) atoms. The zero-order valence-electron chi connectivity index (χ0n) is 19.9. The zero-order chi connectivity index (χ0) is 27.0. The Labute approximate surface area is 218 Å². The van der Waals surface area contributed by atoms with Crippen molar-refractivity contribution in [1.29, 1.82) is 0 Å². The Balaban J connectivity index is 1.43. The highest BCUT2D eigenvalue weighted by Gasteiger charge is 2.61. The number of benzene rings is 2. The van der Waals surface area contributed by atoms with Crippen LogP contribution in [0.25, 0.3) is 0 Å². The number of carbonyl (C=O) groups is 1. The summed E-state index contributed by atoms with van der Waals surface area (Å²) in [6, 6.07) is 9.51. The Kier molecular flexibility index (Phi) is 5.25. The summed E-state index contributed by atoms with van der Waals surface area (Å²) in [5.74, 6) is -1.83. The van der Waals surface area contributed by atoms with Gasteiger partial charge in [0.1, 0.15) is 27.6 Å². The molecule has 4 aliphatic rings. The van der Waals surface area contributed by atoms with Crippen molar-refractivity contribution in [1.82, 2.24) is 10.0 Å². The molecule has 1 amide bonds. The van der Waals surface area contributed by atoms with Gasteiger partial charge >= 0.3 is 0 Å². The van der Waals surface area contributed by atoms with Crippen LogP contribution in [-0.2, 0) is 31.4 Å². The highest BCUT2D eigenvalue weighted by Crippen LogP contribution is 2.52. The van der Waals surface area contributed by atoms with Crippen LogP contribution in [0.3, 0.4) is 0 Å². The first-order chi connectivity index (χ1) is 17.9. The van der Waals surface area contributed by atoms with Gasteiger partial charge in [0.2, 0.25) is 10.0 Å². The second-order valence-electron chi connectivity index (χ2n) is 9.54. The summed E-state index contributed by atoms with van der Waals surface area (Å²) >= 11 is 0. The molecule has 2 aromatic rings. The van der Waals surface area contributed by atoms with Gasteiger partial charge in [-0.2, -0.15) is 13.4 Å². The number of carbonyl (C=O) groups excluding carboxylic acids is 1. The summed E-state index contributed by atoms with van der Waals surface area (Å²) in [4.78, 5) is 13.5. The summed E-state index contributed by atoms with van der Waals surface area (Å²) in [7, 11) is -8.04. The molecule has 198 valence electrons. The first-order valence-electron chi connectivity index (χ1n) is 11.6. The van der Waals surface area contributed by atoms with Crippen molar-refractivity contribution in [3.8, 4) is 0 Å². The van der Waals surface area contributed by atoms with Crippen molar-refractivity contribution in [3.63, 3.8) is 0 Å². The third-order valence-electron chi connectivity index (χ3n) is 7.09. The average Bonchev–Trinajstić information content (AvgIpc) is 3.07. The molecule has 0 radical (unpaired) electrons. The van der Waals surface area contributed by atoms with Crippen molar-refractivity contribution in [2.24, 2.45) is 10.3 Å². The van der Waals surface area contributed by atoms with Crippen LogP contribution >= 0.6 is 0 Å². The molecule has 2 aromatic carbocycles. The maximum atomic E-state index is 13.8. The first-order valence-corrected chi connectivity index (χ1v) is 14.9. The van der Waals surface area contributed by atoms with E-state index < -0.39 is 37.3 Å². The topological polar surface area (TPSA) is 148 Å². The second-order valence-corrected chi connectivity index (χ2v) is 12.9. The fourth-order valence-electron chi connectivity index (χ4n) is 5.37. The summed E-state index contributed by atoms with van der Waals surface area (Å²) in [5.41, 5.74) is -0.573. The van der Waals surface area contributed by atoms with E-state index in [1.807, 2.05) is 6.08 Å². The molecular formula is C24H22FN5O6S2. The number of nitrogens with zero attached hydrogens (tertiary/aromatic N) is 3. The Hall–Kier alpha value is -3.75. The van der Waals surface area contributed by atoms with Crippen LogP contribution in [0.4, 0.5) is 15.8 Å². The third kappa shape index (κ3) is 3.70. The lowest BCUT2D eigenvalue weighted by Gasteiger charge is -2.51. The molecule has 3 N–H and O–H groups in total. The standard InChI is InChI=1S/C24H22FN5O6S2/c1-37(33,34)27-17-6-7-18-19(12-17)38(35,36)28-22(26-18)20-21(31)24-10-8-15(24)9-11-30(24)29(23(20)32)13-14-2-4-16(25)5-3-14/h2-8,10,12,15,27,31H,9,11,13H2,1H3,(H,26,28)/t15-,24-/m0/s1. The van der Waals surface area contributed by atoms with E-state index in [-0.39, 0.29) is 45.9 Å². The van der Waals surface area contributed by atoms with Crippen LogP contribution in [0.15, 0.2) is 75.2 Å². The molecule has 0 aromatic heterocycles. The fraction of sp³-hybridized carbons (Fsp3) is 0.250. The quantitative estimate of drug-likeness (QED) is 0.472. The van der Waals surface area contributed by atoms with E-state index in [1.165, 1.54) is 29.3 Å². The number of anilines is 2. The summed E-state index contributed by atoms with van der Waals surface area (Å²) in [5, 5.41) is 17.5. The van der Waals surface area contributed by atoms with Crippen molar-refractivity contribution in [2.75, 3.05) is 22.8 Å². The summed E-state index contributed by atoms with van der Waals surface area (Å²) in [6.07, 6.45) is 5.31. The molecular weight excluding hydrogens is 537 g/mol. The van der Waals surface area contributed by atoms with Gasteiger partial charge in [-0.3, -0.25) is 14.5 Å². The second kappa shape index (κ2) is 8.12. The lowest BCUT2D eigenvalue weighted by atomic mass is 9.72. The lowest BCUT2D eigenvalue weighted by molar-refractivity contribution is -0.158. The molecule has 3 aliphatic heterocycles. The molecule has 1 spiro atoms. The lowest BCUT2D eigenvalue weighted by Crippen LogP contribution is -2.64. The van der Waals surface area contributed by atoms with Gasteiger partial charge in [0.25, 0.3) is 15.9 Å². The highest BCUT2D eigenvalue weighted by atomic mass is 32.2. The summed E-state index contributed by atoms with van der Waals surface area (Å²) in [6.45, 7) is 0.536. The molecule has 1 aliphatic carbocycles. The number of hydrazine groups is 1. The van der Waals surface area contributed by atoms with Crippen molar-refractivity contribution in [2.45, 2.75) is 23.4 Å². The van der Waals surface area contributed by atoms with E-state index in [9.17, 15) is 31.1 Å². The van der Waals surface area contributed by atoms with Crippen LogP contribution < -0.4 is 10.0 Å². The molecule has 2 atom stereocenters. The highest BCUT2D eigenvalue weighted by molar-refractivity contribution is 7.92. The van der Waals surface area contributed by atoms with Crippen LogP contribution in [0.5, 0.6) is 0 Å². The predicted molar refractivity (Wildman–Crippen MR) is 136 cm³/mol. The minimum absolute atomic E-state index is 0.0273. The van der Waals surface area contributed by atoms with E-state index in [4.69, 9.17) is 0 Å². The molecule has 14 heteroatoms. The average molecular weight is 560 g/mol. The van der Waals surface area contributed by atoms with Crippen molar-refractivity contribution >= 4 is 43.2 Å². The number of hydrogen-bond acceptors (Lipinski definition) is 8. The van der Waals surface area contributed by atoms with Gasteiger partial charge in [-0.1, -0.05) is 24.3 Å². The number of aliphatic hydroxyl groups is 1. The number of fused-ring (bicyclic) bond motifs is 1. The number of amidine groups is 1. The molecule has 6 rings (SSSR count). The molecule has 0 bridgehead atoms. The fourth-order valence-corrected chi connectivity index (χ4v) is 7.07. The van der Waals surface area contributed by atoms with Gasteiger partial charge in [0.15, 0.2) is 5.84 Å². The maximum Gasteiger partial charge on any atom is 0.286 e. The van der Waals surface area contributed by atoms with Gasteiger partial charge in [-0.25, -0.2) is 12.8 Å². The van der Waals surface area contributed by atoms with Gasteiger partial charge < -0.3 is 10.4 Å². The van der Waals surface area contributed by atoms with Crippen LogP contribution in [0.1, 0.15) is 12.0 Å². The summed E-state index contributed by atoms with van der Waals surface area (Å²) < 4.78 is 69.0. The normalized spacial score (nSPS) is 25.6. The molecule has 11 nitrogen and oxygen atoms in total. The largest absolute Gasteiger partial charge is 0.509 e. The number of nitrogens with one attached hydrogen (secondary N) is 2. The Morgan fingerprint density at radius 1 is 1.24 bits per heavy atom. The monoisotopic (exact) mass is 559 g/mol. The molecule has 0 saturated carbocycles. The van der Waals surface area contributed by atoms with E-state index in [0.717, 1.165) is 12.3 Å². The Morgan fingerprint density at radius 3 is 2.63 bits per heavy atom. The number of hydrogen-bond donors (Lipinski definition) is 3. The van der Waals surface area contributed by atoms with Crippen LogP contribution in [0.2, 0.25) is 0 Å². The minimum Gasteiger partial charge on any atom is -0.509 e. The maximum absolute atomic E-state index is 13.8. The number of halogens is 1. The minimum atomic E-state index is -4.38. The van der Waals surface area contributed by atoms with Crippen molar-refractivity contribution < 1.29 is 31.1 Å². The number of aliphatic hydroxyl groups excluding tert-OH is 1. The van der Waals surface area contributed by atoms with Crippen LogP contribution in [0, 0.1) is 11.7 Å². The smallest absolute Gasteiger partial charge is 0.286 e. The van der Waals surface area contributed by atoms with E-state index in [0.29, 0.717) is 18.5 Å². The molecule has 0 unspecified atom stereocenters. The Morgan fingerprint density at radius 2 is 1.97 bits per heavy atom. The van der Waals surface area contributed by atoms with Gasteiger partial charge in [-0.15, -0.1) is 4.40 Å². The molecule has 1 fully saturated rings. The van der Waals surface area contributed by atoms with E-state index in [2.05, 4.69) is 14.4 Å². The van der Waals surface area contributed by atoms with E-state index in [1.54, 1.807) is 23.2 Å². The number of rotatable bonds is 5. The Bertz CT molecular complexity index is 1700. The molecule has 3 heterocycles. The van der Waals surface area contributed by atoms with Crippen molar-refractivity contribution in [3.05, 3.63) is 77.3 Å². The number of sulfonamides is 2. The SMILES string of the molecule is CS(=O)(=O)Nc1ccc2c(c1)S(=O)(=O)N=C(C1=C(O)[C@]34C=C[C@H]3CCN4N(Cc3ccc(F)cc3)C1=O)N2. The third-order valence-corrected chi connectivity index (χ3v) is 9.02.